The molecule has 23 heavy (non-hydrogen) atoms. The normalized spacial score (nSPS) is 20.5. The van der Waals surface area contributed by atoms with Crippen molar-refractivity contribution < 1.29 is 14.3 Å². The second kappa shape index (κ2) is 7.99. The van der Waals surface area contributed by atoms with Crippen LogP contribution in [-0.4, -0.2) is 66.7 Å². The monoisotopic (exact) mass is 325 g/mol. The van der Waals surface area contributed by atoms with Gasteiger partial charge in [-0.25, -0.2) is 4.79 Å². The summed E-state index contributed by atoms with van der Waals surface area (Å²) >= 11 is 0. The fourth-order valence-electron chi connectivity index (χ4n) is 3.22. The molecule has 6 heteroatoms. The van der Waals surface area contributed by atoms with Crippen LogP contribution in [0.1, 0.15) is 52.4 Å². The zero-order chi connectivity index (χ0) is 16.9. The molecule has 0 unspecified atom stereocenters. The predicted molar refractivity (Wildman–Crippen MR) is 89.3 cm³/mol. The van der Waals surface area contributed by atoms with Gasteiger partial charge in [0.2, 0.25) is 5.91 Å². The number of nitrogens with zero attached hydrogens (tertiary/aromatic N) is 2. The van der Waals surface area contributed by atoms with Crippen molar-refractivity contribution >= 4 is 11.9 Å². The molecule has 1 saturated heterocycles. The maximum atomic E-state index is 12.3. The number of ether oxygens (including phenoxy) is 1. The Kier molecular flexibility index (Phi) is 6.27. The Balaban J connectivity index is 1.74. The summed E-state index contributed by atoms with van der Waals surface area (Å²) in [6, 6.07) is 0.361. The first-order valence-corrected chi connectivity index (χ1v) is 8.80. The summed E-state index contributed by atoms with van der Waals surface area (Å²) in [7, 11) is 1.63. The van der Waals surface area contributed by atoms with Gasteiger partial charge in [0.1, 0.15) is 0 Å². The summed E-state index contributed by atoms with van der Waals surface area (Å²) in [6.07, 6.45) is 6.26. The number of hydrogen-bond donors (Lipinski definition) is 1. The van der Waals surface area contributed by atoms with E-state index >= 15 is 0 Å². The van der Waals surface area contributed by atoms with E-state index in [1.54, 1.807) is 7.11 Å². The number of urea groups is 1. The van der Waals surface area contributed by atoms with Gasteiger partial charge >= 0.3 is 6.03 Å². The lowest BCUT2D eigenvalue weighted by Crippen LogP contribution is -2.55. The lowest BCUT2D eigenvalue weighted by molar-refractivity contribution is -0.137. The van der Waals surface area contributed by atoms with Crippen molar-refractivity contribution in [2.24, 2.45) is 0 Å². The molecule has 2 aliphatic rings. The molecule has 0 spiro atoms. The van der Waals surface area contributed by atoms with Gasteiger partial charge in [0.15, 0.2) is 0 Å². The van der Waals surface area contributed by atoms with Crippen LogP contribution in [0.4, 0.5) is 4.79 Å². The average molecular weight is 325 g/mol. The van der Waals surface area contributed by atoms with Gasteiger partial charge in [-0.05, 0) is 26.7 Å². The zero-order valence-corrected chi connectivity index (χ0v) is 14.8. The third-order valence-corrected chi connectivity index (χ3v) is 4.98. The molecular weight excluding hydrogens is 294 g/mol. The maximum absolute atomic E-state index is 12.3. The largest absolute Gasteiger partial charge is 0.378 e. The molecule has 1 heterocycles. The zero-order valence-electron chi connectivity index (χ0n) is 14.8. The molecule has 2 fully saturated rings. The summed E-state index contributed by atoms with van der Waals surface area (Å²) in [5.74, 6) is 0.101. The van der Waals surface area contributed by atoms with E-state index in [9.17, 15) is 9.59 Å². The first-order chi connectivity index (χ1) is 10.9. The molecule has 0 aromatic heterocycles. The highest BCUT2D eigenvalue weighted by molar-refractivity contribution is 5.78. The summed E-state index contributed by atoms with van der Waals surface area (Å²) < 4.78 is 5.32. The second-order valence-corrected chi connectivity index (χ2v) is 7.29. The highest BCUT2D eigenvalue weighted by Gasteiger charge is 2.29. The molecule has 1 saturated carbocycles. The Morgan fingerprint density at radius 2 is 1.61 bits per heavy atom. The highest BCUT2D eigenvalue weighted by Crippen LogP contribution is 2.18. The molecule has 3 amide bonds. The van der Waals surface area contributed by atoms with Gasteiger partial charge in [0.05, 0.1) is 12.0 Å². The summed E-state index contributed by atoms with van der Waals surface area (Å²) in [4.78, 5) is 28.3. The Hall–Kier alpha value is -1.30. The molecule has 132 valence electrons. The van der Waals surface area contributed by atoms with Crippen LogP contribution >= 0.6 is 0 Å². The van der Waals surface area contributed by atoms with Crippen LogP contribution in [-0.2, 0) is 9.53 Å². The van der Waals surface area contributed by atoms with E-state index in [1.165, 1.54) is 19.3 Å². The molecular formula is C17H31N3O3. The van der Waals surface area contributed by atoms with E-state index in [0.717, 1.165) is 12.8 Å². The SMILES string of the molecule is COC(C)(C)CC(=O)N1CCN(C(=O)NC2CCCCC2)CC1. The van der Waals surface area contributed by atoms with Crippen LogP contribution in [0, 0.1) is 0 Å². The minimum atomic E-state index is -0.438. The molecule has 0 aromatic rings. The van der Waals surface area contributed by atoms with Gasteiger partial charge in [-0.2, -0.15) is 0 Å². The fourth-order valence-corrected chi connectivity index (χ4v) is 3.22. The van der Waals surface area contributed by atoms with Crippen molar-refractivity contribution in [3.8, 4) is 0 Å². The Morgan fingerprint density at radius 1 is 1.04 bits per heavy atom. The number of amides is 3. The minimum Gasteiger partial charge on any atom is -0.378 e. The number of carbonyl (C=O) groups is 2. The Labute approximate surface area is 139 Å². The van der Waals surface area contributed by atoms with Gasteiger partial charge in [0, 0.05) is 39.3 Å². The van der Waals surface area contributed by atoms with Crippen LogP contribution in [0.15, 0.2) is 0 Å². The van der Waals surface area contributed by atoms with E-state index in [0.29, 0.717) is 38.6 Å². The van der Waals surface area contributed by atoms with Crippen LogP contribution in [0.2, 0.25) is 0 Å². The standard InChI is InChI=1S/C17H31N3O3/c1-17(2,23-3)13-15(21)19-9-11-20(12-10-19)16(22)18-14-7-5-4-6-8-14/h14H,4-13H2,1-3H3,(H,18,22). The van der Waals surface area contributed by atoms with Crippen molar-refractivity contribution in [3.05, 3.63) is 0 Å². The molecule has 6 nitrogen and oxygen atoms in total. The van der Waals surface area contributed by atoms with Crippen molar-refractivity contribution in [2.45, 2.75) is 64.0 Å². The molecule has 0 radical (unpaired) electrons. The lowest BCUT2D eigenvalue weighted by atomic mass is 9.96. The molecule has 1 aliphatic carbocycles. The smallest absolute Gasteiger partial charge is 0.317 e. The summed E-state index contributed by atoms with van der Waals surface area (Å²) in [5, 5.41) is 3.14. The lowest BCUT2D eigenvalue weighted by Gasteiger charge is -2.37. The Bertz CT molecular complexity index is 411. The maximum Gasteiger partial charge on any atom is 0.317 e. The number of carbonyl (C=O) groups excluding carboxylic acids is 2. The summed E-state index contributed by atoms with van der Waals surface area (Å²) in [5.41, 5.74) is -0.438. The van der Waals surface area contributed by atoms with Crippen LogP contribution in [0.3, 0.4) is 0 Å². The van der Waals surface area contributed by atoms with Gasteiger partial charge in [-0.3, -0.25) is 4.79 Å². The number of methoxy groups -OCH3 is 1. The molecule has 0 atom stereocenters. The third kappa shape index (κ3) is 5.37. The summed E-state index contributed by atoms with van der Waals surface area (Å²) in [6.45, 7) is 6.26. The molecule has 0 bridgehead atoms. The van der Waals surface area contributed by atoms with Crippen LogP contribution < -0.4 is 5.32 Å². The van der Waals surface area contributed by atoms with Crippen molar-refractivity contribution in [2.75, 3.05) is 33.3 Å². The van der Waals surface area contributed by atoms with E-state index in [2.05, 4.69) is 5.32 Å². The van der Waals surface area contributed by atoms with Gasteiger partial charge in [-0.15, -0.1) is 0 Å². The molecule has 2 rings (SSSR count). The van der Waals surface area contributed by atoms with E-state index in [-0.39, 0.29) is 11.9 Å². The topological polar surface area (TPSA) is 61.9 Å². The predicted octanol–water partition coefficient (Wildman–Crippen LogP) is 1.99. The minimum absolute atomic E-state index is 0.0289. The quantitative estimate of drug-likeness (QED) is 0.860. The molecule has 1 aliphatic heterocycles. The molecule has 0 aromatic carbocycles. The fraction of sp³-hybridized carbons (Fsp3) is 0.882. The van der Waals surface area contributed by atoms with Gasteiger partial charge in [-0.1, -0.05) is 19.3 Å². The first-order valence-electron chi connectivity index (χ1n) is 8.80. The van der Waals surface area contributed by atoms with Crippen molar-refractivity contribution in [1.29, 1.82) is 0 Å². The average Bonchev–Trinajstić information content (AvgIpc) is 2.55. The molecule has 1 N–H and O–H groups in total. The van der Waals surface area contributed by atoms with E-state index in [4.69, 9.17) is 4.74 Å². The van der Waals surface area contributed by atoms with Gasteiger partial charge < -0.3 is 19.9 Å². The van der Waals surface area contributed by atoms with Gasteiger partial charge in [0.25, 0.3) is 0 Å². The van der Waals surface area contributed by atoms with Crippen molar-refractivity contribution in [1.82, 2.24) is 15.1 Å². The van der Waals surface area contributed by atoms with E-state index < -0.39 is 5.60 Å². The number of piperazine rings is 1. The number of nitrogens with one attached hydrogen (secondary N) is 1. The van der Waals surface area contributed by atoms with Crippen LogP contribution in [0.5, 0.6) is 0 Å². The highest BCUT2D eigenvalue weighted by atomic mass is 16.5. The first kappa shape index (κ1) is 18.0. The van der Waals surface area contributed by atoms with Crippen molar-refractivity contribution in [3.63, 3.8) is 0 Å². The second-order valence-electron chi connectivity index (χ2n) is 7.29. The Morgan fingerprint density at radius 3 is 2.17 bits per heavy atom. The van der Waals surface area contributed by atoms with E-state index in [1.807, 2.05) is 23.6 Å². The number of rotatable bonds is 4. The number of hydrogen-bond acceptors (Lipinski definition) is 3. The van der Waals surface area contributed by atoms with Crippen LogP contribution in [0.25, 0.3) is 0 Å². The third-order valence-electron chi connectivity index (χ3n) is 4.98.